The first-order valence-electron chi connectivity index (χ1n) is 3.79. The maximum atomic E-state index is 5.42. The van der Waals surface area contributed by atoms with Crippen molar-refractivity contribution < 1.29 is 0 Å². The first-order valence-corrected chi connectivity index (χ1v) is 3.79. The van der Waals surface area contributed by atoms with Crippen molar-refractivity contribution in [2.45, 2.75) is 6.92 Å². The molecule has 11 heavy (non-hydrogen) atoms. The Hall–Kier alpha value is -0.960. The lowest BCUT2D eigenvalue weighted by Gasteiger charge is -2.25. The highest BCUT2D eigenvalue weighted by Crippen LogP contribution is 2.09. The van der Waals surface area contributed by atoms with E-state index in [1.807, 2.05) is 19.4 Å². The summed E-state index contributed by atoms with van der Waals surface area (Å²) in [7, 11) is 2.03. The molecular formula is C8H15N3. The molecule has 0 saturated carbocycles. The topological polar surface area (TPSA) is 32.5 Å². The van der Waals surface area contributed by atoms with E-state index in [2.05, 4.69) is 22.9 Å². The molecule has 0 aliphatic carbocycles. The molecule has 0 atom stereocenters. The standard InChI is InChI=1S/C8H15N3/c1-8-7-11(4-3-9)6-5-10(8)2/h5-7H,3-4,9H2,1-2H3. The van der Waals surface area contributed by atoms with Crippen LogP contribution in [0.15, 0.2) is 24.3 Å². The predicted molar refractivity (Wildman–Crippen MR) is 46.4 cm³/mol. The van der Waals surface area contributed by atoms with Gasteiger partial charge in [-0.1, -0.05) is 0 Å². The molecular weight excluding hydrogens is 138 g/mol. The lowest BCUT2D eigenvalue weighted by molar-refractivity contribution is 0.438. The molecule has 1 aliphatic rings. The molecule has 2 N–H and O–H groups in total. The van der Waals surface area contributed by atoms with E-state index in [4.69, 9.17) is 5.73 Å². The van der Waals surface area contributed by atoms with Crippen LogP contribution in [0.4, 0.5) is 0 Å². The number of nitrogens with two attached hydrogens (primary N) is 1. The summed E-state index contributed by atoms with van der Waals surface area (Å²) in [5.74, 6) is 0. The zero-order valence-electron chi connectivity index (χ0n) is 7.12. The third-order valence-electron chi connectivity index (χ3n) is 1.78. The van der Waals surface area contributed by atoms with Gasteiger partial charge < -0.3 is 15.5 Å². The predicted octanol–water partition coefficient (Wildman–Crippen LogP) is 0.525. The first-order chi connectivity index (χ1) is 5.24. The minimum absolute atomic E-state index is 0.692. The summed E-state index contributed by atoms with van der Waals surface area (Å²) in [5, 5.41) is 0. The van der Waals surface area contributed by atoms with Crippen LogP contribution in [-0.4, -0.2) is 29.9 Å². The Morgan fingerprint density at radius 1 is 1.45 bits per heavy atom. The second-order valence-electron chi connectivity index (χ2n) is 2.71. The molecule has 0 fully saturated rings. The van der Waals surface area contributed by atoms with E-state index >= 15 is 0 Å². The molecule has 0 spiro atoms. The molecule has 0 unspecified atom stereocenters. The Labute approximate surface area is 67.8 Å². The molecule has 1 heterocycles. The van der Waals surface area contributed by atoms with Gasteiger partial charge in [0.2, 0.25) is 0 Å². The van der Waals surface area contributed by atoms with Gasteiger partial charge in [0.25, 0.3) is 0 Å². The zero-order chi connectivity index (χ0) is 8.27. The Morgan fingerprint density at radius 3 is 2.73 bits per heavy atom. The summed E-state index contributed by atoms with van der Waals surface area (Å²) in [6, 6.07) is 0. The average Bonchev–Trinajstić information content (AvgIpc) is 1.98. The quantitative estimate of drug-likeness (QED) is 0.628. The summed E-state index contributed by atoms with van der Waals surface area (Å²) in [5.41, 5.74) is 6.66. The van der Waals surface area contributed by atoms with E-state index < -0.39 is 0 Å². The SMILES string of the molecule is CC1=CN(CCN)C=CN1C. The van der Waals surface area contributed by atoms with E-state index in [9.17, 15) is 0 Å². The van der Waals surface area contributed by atoms with Crippen molar-refractivity contribution in [3.63, 3.8) is 0 Å². The second kappa shape index (κ2) is 3.44. The van der Waals surface area contributed by atoms with Gasteiger partial charge in [-0.25, -0.2) is 0 Å². The summed E-state index contributed by atoms with van der Waals surface area (Å²) in [4.78, 5) is 4.17. The lowest BCUT2D eigenvalue weighted by Crippen LogP contribution is -2.25. The van der Waals surface area contributed by atoms with Gasteiger partial charge in [0.1, 0.15) is 0 Å². The molecule has 0 aromatic heterocycles. The van der Waals surface area contributed by atoms with Crippen LogP contribution in [0.25, 0.3) is 0 Å². The third kappa shape index (κ3) is 1.98. The summed E-state index contributed by atoms with van der Waals surface area (Å²) in [6.07, 6.45) is 6.15. The minimum Gasteiger partial charge on any atom is -0.352 e. The number of hydrogen-bond acceptors (Lipinski definition) is 3. The van der Waals surface area contributed by atoms with Gasteiger partial charge in [0.15, 0.2) is 0 Å². The monoisotopic (exact) mass is 153 g/mol. The maximum Gasteiger partial charge on any atom is 0.0343 e. The number of rotatable bonds is 2. The summed E-state index contributed by atoms with van der Waals surface area (Å²) in [6.45, 7) is 3.66. The minimum atomic E-state index is 0.692. The Balaban J connectivity index is 2.54. The average molecular weight is 153 g/mol. The second-order valence-corrected chi connectivity index (χ2v) is 2.71. The van der Waals surface area contributed by atoms with Crippen molar-refractivity contribution in [3.05, 3.63) is 24.3 Å². The summed E-state index contributed by atoms with van der Waals surface area (Å²) < 4.78 is 0. The molecule has 0 amide bonds. The van der Waals surface area contributed by atoms with Gasteiger partial charge >= 0.3 is 0 Å². The Kier molecular flexibility index (Phi) is 2.54. The van der Waals surface area contributed by atoms with Gasteiger partial charge in [-0.2, -0.15) is 0 Å². The largest absolute Gasteiger partial charge is 0.352 e. The molecule has 0 aromatic carbocycles. The fraction of sp³-hybridized carbons (Fsp3) is 0.500. The van der Waals surface area contributed by atoms with E-state index in [-0.39, 0.29) is 0 Å². The third-order valence-corrected chi connectivity index (χ3v) is 1.78. The van der Waals surface area contributed by atoms with Gasteiger partial charge in [-0.05, 0) is 6.92 Å². The van der Waals surface area contributed by atoms with Gasteiger partial charge in [0, 0.05) is 44.4 Å². The van der Waals surface area contributed by atoms with Crippen molar-refractivity contribution in [2.24, 2.45) is 5.73 Å². The molecule has 3 heteroatoms. The molecule has 0 bridgehead atoms. The van der Waals surface area contributed by atoms with Crippen LogP contribution in [0.3, 0.4) is 0 Å². The van der Waals surface area contributed by atoms with E-state index in [0.717, 1.165) is 6.54 Å². The number of allylic oxidation sites excluding steroid dienone is 1. The molecule has 62 valence electrons. The van der Waals surface area contributed by atoms with Gasteiger partial charge in [-0.3, -0.25) is 0 Å². The maximum absolute atomic E-state index is 5.42. The van der Waals surface area contributed by atoms with Gasteiger partial charge in [-0.15, -0.1) is 0 Å². The van der Waals surface area contributed by atoms with Crippen molar-refractivity contribution in [1.29, 1.82) is 0 Å². The van der Waals surface area contributed by atoms with Crippen LogP contribution in [0.5, 0.6) is 0 Å². The van der Waals surface area contributed by atoms with E-state index in [1.54, 1.807) is 0 Å². The van der Waals surface area contributed by atoms with Crippen LogP contribution in [0.1, 0.15) is 6.92 Å². The lowest BCUT2D eigenvalue weighted by atomic mass is 10.4. The van der Waals surface area contributed by atoms with Crippen LogP contribution in [-0.2, 0) is 0 Å². The van der Waals surface area contributed by atoms with Crippen molar-refractivity contribution in [1.82, 2.24) is 9.80 Å². The first kappa shape index (κ1) is 8.14. The highest BCUT2D eigenvalue weighted by molar-refractivity contribution is 5.08. The van der Waals surface area contributed by atoms with Crippen molar-refractivity contribution in [3.8, 4) is 0 Å². The van der Waals surface area contributed by atoms with Crippen LogP contribution < -0.4 is 5.73 Å². The Bertz CT molecular complexity index is 184. The highest BCUT2D eigenvalue weighted by atomic mass is 15.2. The number of nitrogens with zero attached hydrogens (tertiary/aromatic N) is 2. The zero-order valence-corrected chi connectivity index (χ0v) is 7.12. The molecule has 0 saturated heterocycles. The number of hydrogen-bond donors (Lipinski definition) is 1. The highest BCUT2D eigenvalue weighted by Gasteiger charge is 2.03. The smallest absolute Gasteiger partial charge is 0.0343 e. The molecule has 0 aromatic rings. The van der Waals surface area contributed by atoms with Crippen molar-refractivity contribution >= 4 is 0 Å². The van der Waals surface area contributed by atoms with Crippen LogP contribution >= 0.6 is 0 Å². The molecule has 1 aliphatic heterocycles. The fourth-order valence-electron chi connectivity index (χ4n) is 0.965. The normalized spacial score (nSPS) is 17.2. The molecule has 0 radical (unpaired) electrons. The van der Waals surface area contributed by atoms with Crippen molar-refractivity contribution in [2.75, 3.05) is 20.1 Å². The van der Waals surface area contributed by atoms with Crippen LogP contribution in [0.2, 0.25) is 0 Å². The van der Waals surface area contributed by atoms with Gasteiger partial charge in [0.05, 0.1) is 0 Å². The fourth-order valence-corrected chi connectivity index (χ4v) is 0.965. The molecule has 1 rings (SSSR count). The van der Waals surface area contributed by atoms with Crippen LogP contribution in [0, 0.1) is 0 Å². The van der Waals surface area contributed by atoms with E-state index in [1.165, 1.54) is 5.70 Å². The van der Waals surface area contributed by atoms with E-state index in [0.29, 0.717) is 6.54 Å². The Morgan fingerprint density at radius 2 is 2.18 bits per heavy atom. The summed E-state index contributed by atoms with van der Waals surface area (Å²) >= 11 is 0. The molecule has 3 nitrogen and oxygen atoms in total.